The van der Waals surface area contributed by atoms with Crippen LogP contribution in [0.5, 0.6) is 0 Å². The summed E-state index contributed by atoms with van der Waals surface area (Å²) in [5.74, 6) is 1.32. The Morgan fingerprint density at radius 3 is 2.50 bits per heavy atom. The van der Waals surface area contributed by atoms with Crippen LogP contribution >= 0.6 is 0 Å². The lowest BCUT2D eigenvalue weighted by molar-refractivity contribution is 0.0975. The van der Waals surface area contributed by atoms with E-state index in [1.165, 1.54) is 12.0 Å². The van der Waals surface area contributed by atoms with Crippen molar-refractivity contribution in [1.82, 2.24) is 0 Å². The predicted octanol–water partition coefficient (Wildman–Crippen LogP) is 3.76. The van der Waals surface area contributed by atoms with Gasteiger partial charge in [0.05, 0.1) is 5.60 Å². The number of hydrogen-bond acceptors (Lipinski definition) is 1. The number of hydrogen-bond donors (Lipinski definition) is 0. The summed E-state index contributed by atoms with van der Waals surface area (Å²) < 4.78 is 5.70. The van der Waals surface area contributed by atoms with Gasteiger partial charge >= 0.3 is 0 Å². The topological polar surface area (TPSA) is 9.23 Å². The monoisotopic (exact) mass is 216 g/mol. The Kier molecular flexibility index (Phi) is 3.15. The van der Waals surface area contributed by atoms with Crippen LogP contribution in [-0.4, -0.2) is 12.7 Å². The minimum atomic E-state index is -0.00933. The van der Waals surface area contributed by atoms with Crippen LogP contribution < -0.4 is 0 Å². The van der Waals surface area contributed by atoms with Crippen molar-refractivity contribution in [1.29, 1.82) is 0 Å². The fraction of sp³-hybridized carbons (Fsp3) is 0.467. The van der Waals surface area contributed by atoms with Crippen LogP contribution in [0.4, 0.5) is 0 Å². The highest BCUT2D eigenvalue weighted by molar-refractivity contribution is 5.52. The van der Waals surface area contributed by atoms with E-state index in [0.717, 1.165) is 0 Å². The van der Waals surface area contributed by atoms with Gasteiger partial charge in [-0.2, -0.15) is 0 Å². The Morgan fingerprint density at radius 2 is 2.00 bits per heavy atom. The van der Waals surface area contributed by atoms with Gasteiger partial charge in [0, 0.05) is 7.11 Å². The van der Waals surface area contributed by atoms with Gasteiger partial charge in [-0.15, -0.1) is 0 Å². The normalized spacial score (nSPS) is 33.2. The molecule has 0 heterocycles. The zero-order valence-corrected chi connectivity index (χ0v) is 10.3. The standard InChI is InChI=1S/C15H20O/c1-4-14-12(2)15(14,16-3)11-10-13-8-6-5-7-9-13/h5-12,14H,4H2,1-3H3/b11-10+/t12-,14-,15-/m1/s1. The largest absolute Gasteiger partial charge is 0.374 e. The van der Waals surface area contributed by atoms with Gasteiger partial charge < -0.3 is 4.74 Å². The number of ether oxygens (including phenoxy) is 1. The molecule has 0 amide bonds. The second-order valence-electron chi connectivity index (χ2n) is 4.61. The van der Waals surface area contributed by atoms with Crippen molar-refractivity contribution in [3.05, 3.63) is 42.0 Å². The molecule has 1 aliphatic carbocycles. The summed E-state index contributed by atoms with van der Waals surface area (Å²) in [6, 6.07) is 10.4. The molecule has 1 aliphatic rings. The lowest BCUT2D eigenvalue weighted by atomic mass is 10.1. The molecule has 0 unspecified atom stereocenters. The second kappa shape index (κ2) is 4.42. The van der Waals surface area contributed by atoms with Crippen LogP contribution in [0.1, 0.15) is 25.8 Å². The third-order valence-corrected chi connectivity index (χ3v) is 3.91. The van der Waals surface area contributed by atoms with Crippen molar-refractivity contribution in [2.75, 3.05) is 7.11 Å². The first-order chi connectivity index (χ1) is 7.74. The van der Waals surface area contributed by atoms with Gasteiger partial charge in [0.2, 0.25) is 0 Å². The first kappa shape index (κ1) is 11.4. The smallest absolute Gasteiger partial charge is 0.0922 e. The van der Waals surface area contributed by atoms with Gasteiger partial charge in [-0.1, -0.05) is 56.3 Å². The highest BCUT2D eigenvalue weighted by Crippen LogP contribution is 2.55. The fourth-order valence-corrected chi connectivity index (χ4v) is 2.79. The molecule has 0 spiro atoms. The molecule has 0 N–H and O–H groups in total. The summed E-state index contributed by atoms with van der Waals surface area (Å²) in [5, 5.41) is 0. The van der Waals surface area contributed by atoms with Crippen LogP contribution in [0.25, 0.3) is 6.08 Å². The highest BCUT2D eigenvalue weighted by atomic mass is 16.5. The van der Waals surface area contributed by atoms with Crippen molar-refractivity contribution in [2.45, 2.75) is 25.9 Å². The molecule has 1 fully saturated rings. The fourth-order valence-electron chi connectivity index (χ4n) is 2.79. The molecule has 0 saturated heterocycles. The van der Waals surface area contributed by atoms with Gasteiger partial charge in [-0.05, 0) is 23.8 Å². The van der Waals surface area contributed by atoms with Crippen LogP contribution in [0.2, 0.25) is 0 Å². The zero-order chi connectivity index (χ0) is 11.6. The molecule has 1 heteroatoms. The Morgan fingerprint density at radius 1 is 1.31 bits per heavy atom. The zero-order valence-electron chi connectivity index (χ0n) is 10.3. The van der Waals surface area contributed by atoms with Gasteiger partial charge in [0.25, 0.3) is 0 Å². The van der Waals surface area contributed by atoms with Gasteiger partial charge in [-0.3, -0.25) is 0 Å². The molecule has 86 valence electrons. The predicted molar refractivity (Wildman–Crippen MR) is 68.2 cm³/mol. The third-order valence-electron chi connectivity index (χ3n) is 3.91. The van der Waals surface area contributed by atoms with Crippen molar-refractivity contribution < 1.29 is 4.74 Å². The molecule has 0 aromatic heterocycles. The second-order valence-corrected chi connectivity index (χ2v) is 4.61. The molecular weight excluding hydrogens is 196 g/mol. The average Bonchev–Trinajstić information content (AvgIpc) is 2.92. The molecule has 1 aromatic rings. The minimum absolute atomic E-state index is 0.00933. The summed E-state index contributed by atoms with van der Waals surface area (Å²) in [7, 11) is 1.82. The van der Waals surface area contributed by atoms with Crippen molar-refractivity contribution in [3.63, 3.8) is 0 Å². The van der Waals surface area contributed by atoms with E-state index < -0.39 is 0 Å². The Labute approximate surface area is 98.1 Å². The van der Waals surface area contributed by atoms with Gasteiger partial charge in [0.15, 0.2) is 0 Å². The lowest BCUT2D eigenvalue weighted by Gasteiger charge is -2.10. The number of rotatable bonds is 4. The quantitative estimate of drug-likeness (QED) is 0.744. The molecule has 16 heavy (non-hydrogen) atoms. The maximum absolute atomic E-state index is 5.70. The van der Waals surface area contributed by atoms with E-state index >= 15 is 0 Å². The van der Waals surface area contributed by atoms with E-state index in [-0.39, 0.29) is 5.60 Å². The average molecular weight is 216 g/mol. The lowest BCUT2D eigenvalue weighted by Crippen LogP contribution is -2.12. The Balaban J connectivity index is 2.12. The maximum Gasteiger partial charge on any atom is 0.0922 e. The summed E-state index contributed by atoms with van der Waals surface area (Å²) in [5.41, 5.74) is 1.23. The van der Waals surface area contributed by atoms with E-state index in [2.05, 4.69) is 50.3 Å². The van der Waals surface area contributed by atoms with Crippen molar-refractivity contribution in [3.8, 4) is 0 Å². The van der Waals surface area contributed by atoms with E-state index in [9.17, 15) is 0 Å². The molecule has 1 nitrogen and oxygen atoms in total. The molecular formula is C15H20O. The van der Waals surface area contributed by atoms with Crippen LogP contribution in [0.15, 0.2) is 36.4 Å². The SMILES string of the molecule is CC[C@@H]1[C@@H](C)[C@@]1(/C=C/c1ccccc1)OC. The van der Waals surface area contributed by atoms with Crippen LogP contribution in [0, 0.1) is 11.8 Å². The first-order valence-corrected chi connectivity index (χ1v) is 6.04. The molecule has 1 saturated carbocycles. The van der Waals surface area contributed by atoms with Crippen molar-refractivity contribution in [2.24, 2.45) is 11.8 Å². The van der Waals surface area contributed by atoms with E-state index in [1.54, 1.807) is 0 Å². The van der Waals surface area contributed by atoms with E-state index in [4.69, 9.17) is 4.74 Å². The molecule has 1 aromatic carbocycles. The molecule has 2 rings (SSSR count). The number of benzene rings is 1. The summed E-state index contributed by atoms with van der Waals surface area (Å²) in [4.78, 5) is 0. The summed E-state index contributed by atoms with van der Waals surface area (Å²) >= 11 is 0. The van der Waals surface area contributed by atoms with Crippen LogP contribution in [-0.2, 0) is 4.74 Å². The molecule has 0 bridgehead atoms. The highest BCUT2D eigenvalue weighted by Gasteiger charge is 2.59. The Bertz CT molecular complexity index is 368. The van der Waals surface area contributed by atoms with E-state index in [1.807, 2.05) is 13.2 Å². The molecule has 0 radical (unpaired) electrons. The van der Waals surface area contributed by atoms with Crippen LogP contribution in [0.3, 0.4) is 0 Å². The van der Waals surface area contributed by atoms with Crippen molar-refractivity contribution >= 4 is 6.08 Å². The molecule has 0 aliphatic heterocycles. The number of methoxy groups -OCH3 is 1. The Hall–Kier alpha value is -1.08. The molecule has 3 atom stereocenters. The third kappa shape index (κ3) is 1.80. The van der Waals surface area contributed by atoms with Gasteiger partial charge in [0.1, 0.15) is 0 Å². The summed E-state index contributed by atoms with van der Waals surface area (Å²) in [6.45, 7) is 4.51. The van der Waals surface area contributed by atoms with Gasteiger partial charge in [-0.25, -0.2) is 0 Å². The minimum Gasteiger partial charge on any atom is -0.374 e. The van der Waals surface area contributed by atoms with E-state index in [0.29, 0.717) is 11.8 Å². The maximum atomic E-state index is 5.70. The first-order valence-electron chi connectivity index (χ1n) is 6.04. The summed E-state index contributed by atoms with van der Waals surface area (Å²) in [6.07, 6.45) is 5.60.